The number of nitrogens with one attached hydrogen (secondary N) is 2. The third-order valence-electron chi connectivity index (χ3n) is 3.78. The maximum Gasteiger partial charge on any atom is 0.120 e. The minimum atomic E-state index is 0.722. The van der Waals surface area contributed by atoms with Crippen LogP contribution < -0.4 is 5.32 Å². The molecule has 0 saturated carbocycles. The van der Waals surface area contributed by atoms with Crippen molar-refractivity contribution in [3.8, 4) is 0 Å². The summed E-state index contributed by atoms with van der Waals surface area (Å²) in [5.74, 6) is 1.03. The highest BCUT2D eigenvalue weighted by Crippen LogP contribution is 2.17. The molecule has 1 aromatic heterocycles. The number of rotatable bonds is 7. The molecule has 1 aliphatic heterocycles. The zero-order valence-electron chi connectivity index (χ0n) is 11.5. The van der Waals surface area contributed by atoms with Crippen LogP contribution in [-0.2, 0) is 6.54 Å². The number of hydrogen-bond acceptors (Lipinski definition) is 3. The summed E-state index contributed by atoms with van der Waals surface area (Å²) in [5.41, 5.74) is 0. The molecule has 0 radical (unpaired) electrons. The summed E-state index contributed by atoms with van der Waals surface area (Å²) in [4.78, 5) is 10.0. The van der Waals surface area contributed by atoms with Crippen molar-refractivity contribution in [2.24, 2.45) is 0 Å². The predicted octanol–water partition coefficient (Wildman–Crippen LogP) is 2.15. The van der Waals surface area contributed by atoms with Crippen LogP contribution in [0.2, 0.25) is 0 Å². The first kappa shape index (κ1) is 13.6. The van der Waals surface area contributed by atoms with Gasteiger partial charge in [-0.25, -0.2) is 4.98 Å². The molecule has 1 aromatic rings. The Hall–Kier alpha value is -0.870. The summed E-state index contributed by atoms with van der Waals surface area (Å²) in [6.07, 6.45) is 10.4. The van der Waals surface area contributed by atoms with Crippen molar-refractivity contribution in [3.05, 3.63) is 18.2 Å². The number of unbranched alkanes of at least 4 members (excludes halogenated alkanes) is 1. The van der Waals surface area contributed by atoms with Crippen molar-refractivity contribution in [2.75, 3.05) is 19.6 Å². The second-order valence-corrected chi connectivity index (χ2v) is 5.21. The molecule has 0 bridgehead atoms. The summed E-state index contributed by atoms with van der Waals surface area (Å²) in [6, 6.07) is 0.722. The van der Waals surface area contributed by atoms with Crippen molar-refractivity contribution in [1.82, 2.24) is 20.2 Å². The number of aromatic amines is 1. The predicted molar refractivity (Wildman–Crippen MR) is 74.4 cm³/mol. The van der Waals surface area contributed by atoms with E-state index in [-0.39, 0.29) is 0 Å². The van der Waals surface area contributed by atoms with Crippen LogP contribution in [0.5, 0.6) is 0 Å². The Morgan fingerprint density at radius 1 is 1.50 bits per heavy atom. The van der Waals surface area contributed by atoms with Gasteiger partial charge in [0.1, 0.15) is 5.82 Å². The van der Waals surface area contributed by atoms with Gasteiger partial charge in [0, 0.05) is 25.0 Å². The van der Waals surface area contributed by atoms with Gasteiger partial charge in [-0.2, -0.15) is 0 Å². The maximum absolute atomic E-state index is 4.24. The topological polar surface area (TPSA) is 44.0 Å². The first-order chi connectivity index (χ1) is 8.90. The second-order valence-electron chi connectivity index (χ2n) is 5.21. The zero-order valence-corrected chi connectivity index (χ0v) is 11.5. The van der Waals surface area contributed by atoms with Crippen LogP contribution in [0, 0.1) is 0 Å². The Labute approximate surface area is 110 Å². The monoisotopic (exact) mass is 250 g/mol. The van der Waals surface area contributed by atoms with Crippen LogP contribution in [0.3, 0.4) is 0 Å². The van der Waals surface area contributed by atoms with Gasteiger partial charge in [0.15, 0.2) is 0 Å². The van der Waals surface area contributed by atoms with E-state index in [1.807, 2.05) is 12.4 Å². The van der Waals surface area contributed by atoms with E-state index in [9.17, 15) is 0 Å². The van der Waals surface area contributed by atoms with Crippen molar-refractivity contribution >= 4 is 0 Å². The van der Waals surface area contributed by atoms with Gasteiger partial charge in [-0.05, 0) is 32.4 Å². The first-order valence-corrected chi connectivity index (χ1v) is 7.33. The number of H-pyrrole nitrogens is 1. The van der Waals surface area contributed by atoms with Crippen LogP contribution in [0.25, 0.3) is 0 Å². The van der Waals surface area contributed by atoms with Gasteiger partial charge in [-0.15, -0.1) is 0 Å². The Bertz CT molecular complexity index is 310. The third-order valence-corrected chi connectivity index (χ3v) is 3.78. The average Bonchev–Trinajstić information content (AvgIpc) is 2.91. The van der Waals surface area contributed by atoms with Crippen LogP contribution >= 0.6 is 0 Å². The molecule has 2 rings (SSSR count). The van der Waals surface area contributed by atoms with E-state index in [2.05, 4.69) is 27.1 Å². The molecule has 0 aliphatic carbocycles. The molecule has 2 heterocycles. The highest BCUT2D eigenvalue weighted by molar-refractivity contribution is 4.87. The number of piperidine rings is 1. The lowest BCUT2D eigenvalue weighted by Gasteiger charge is -2.35. The molecule has 102 valence electrons. The lowest BCUT2D eigenvalue weighted by molar-refractivity contribution is 0.143. The fraction of sp³-hybridized carbons (Fsp3) is 0.786. The minimum Gasteiger partial charge on any atom is -0.348 e. The molecule has 2 N–H and O–H groups in total. The van der Waals surface area contributed by atoms with E-state index >= 15 is 0 Å². The van der Waals surface area contributed by atoms with Gasteiger partial charge in [0.25, 0.3) is 0 Å². The highest BCUT2D eigenvalue weighted by atomic mass is 15.2. The van der Waals surface area contributed by atoms with E-state index in [0.717, 1.165) is 25.0 Å². The number of aromatic nitrogens is 2. The molecular weight excluding hydrogens is 224 g/mol. The smallest absolute Gasteiger partial charge is 0.120 e. The van der Waals surface area contributed by atoms with Gasteiger partial charge in [-0.3, -0.25) is 4.90 Å². The molecule has 4 nitrogen and oxygen atoms in total. The van der Waals surface area contributed by atoms with Crippen molar-refractivity contribution in [3.63, 3.8) is 0 Å². The summed E-state index contributed by atoms with van der Waals surface area (Å²) < 4.78 is 0. The van der Waals surface area contributed by atoms with Crippen LogP contribution in [0.15, 0.2) is 12.4 Å². The van der Waals surface area contributed by atoms with Gasteiger partial charge < -0.3 is 10.3 Å². The zero-order chi connectivity index (χ0) is 12.6. The number of imidazole rings is 1. The molecule has 1 saturated heterocycles. The Morgan fingerprint density at radius 2 is 2.44 bits per heavy atom. The average molecular weight is 250 g/mol. The second kappa shape index (κ2) is 7.54. The number of nitrogens with zero attached hydrogens (tertiary/aromatic N) is 2. The number of likely N-dealkylation sites (tertiary alicyclic amines) is 1. The SMILES string of the molecule is CCCCN1CCCCC1CNCc1ncc[nH]1. The molecule has 1 atom stereocenters. The van der Waals surface area contributed by atoms with Crippen molar-refractivity contribution in [2.45, 2.75) is 51.6 Å². The van der Waals surface area contributed by atoms with Crippen LogP contribution in [-0.4, -0.2) is 40.5 Å². The Morgan fingerprint density at radius 3 is 3.22 bits per heavy atom. The Balaban J connectivity index is 1.71. The normalized spacial score (nSPS) is 21.3. The molecule has 0 spiro atoms. The lowest BCUT2D eigenvalue weighted by atomic mass is 10.0. The van der Waals surface area contributed by atoms with Crippen LogP contribution in [0.1, 0.15) is 44.9 Å². The van der Waals surface area contributed by atoms with Gasteiger partial charge >= 0.3 is 0 Å². The van der Waals surface area contributed by atoms with Crippen molar-refractivity contribution in [1.29, 1.82) is 0 Å². The molecule has 18 heavy (non-hydrogen) atoms. The van der Waals surface area contributed by atoms with Gasteiger partial charge in [-0.1, -0.05) is 19.8 Å². The highest BCUT2D eigenvalue weighted by Gasteiger charge is 2.21. The lowest BCUT2D eigenvalue weighted by Crippen LogP contribution is -2.45. The summed E-state index contributed by atoms with van der Waals surface area (Å²) in [5, 5.41) is 3.53. The Kier molecular flexibility index (Phi) is 5.68. The molecule has 1 fully saturated rings. The third kappa shape index (κ3) is 4.10. The minimum absolute atomic E-state index is 0.722. The first-order valence-electron chi connectivity index (χ1n) is 7.33. The van der Waals surface area contributed by atoms with Gasteiger partial charge in [0.05, 0.1) is 6.54 Å². The fourth-order valence-electron chi connectivity index (χ4n) is 2.70. The summed E-state index contributed by atoms with van der Waals surface area (Å²) >= 11 is 0. The largest absolute Gasteiger partial charge is 0.348 e. The van der Waals surface area contributed by atoms with E-state index in [1.54, 1.807) is 0 Å². The van der Waals surface area contributed by atoms with E-state index in [0.29, 0.717) is 0 Å². The van der Waals surface area contributed by atoms with E-state index in [4.69, 9.17) is 0 Å². The summed E-state index contributed by atoms with van der Waals surface area (Å²) in [7, 11) is 0. The maximum atomic E-state index is 4.24. The number of hydrogen-bond donors (Lipinski definition) is 2. The summed E-state index contributed by atoms with van der Waals surface area (Å²) in [6.45, 7) is 6.76. The molecule has 4 heteroatoms. The molecular formula is C14H26N4. The van der Waals surface area contributed by atoms with E-state index in [1.165, 1.54) is 45.2 Å². The van der Waals surface area contributed by atoms with Crippen molar-refractivity contribution < 1.29 is 0 Å². The van der Waals surface area contributed by atoms with Crippen LogP contribution in [0.4, 0.5) is 0 Å². The molecule has 1 aliphatic rings. The molecule has 0 amide bonds. The van der Waals surface area contributed by atoms with E-state index < -0.39 is 0 Å². The van der Waals surface area contributed by atoms with Gasteiger partial charge in [0.2, 0.25) is 0 Å². The molecule has 1 unspecified atom stereocenters. The fourth-order valence-corrected chi connectivity index (χ4v) is 2.70. The molecule has 0 aromatic carbocycles. The quantitative estimate of drug-likeness (QED) is 0.779. The standard InChI is InChI=1S/C14H26N4/c1-2-3-9-18-10-5-4-6-13(18)11-15-12-14-16-7-8-17-14/h7-8,13,15H,2-6,9-12H2,1H3,(H,16,17).